The van der Waals surface area contributed by atoms with Gasteiger partial charge in [0.15, 0.2) is 0 Å². The van der Waals surface area contributed by atoms with E-state index in [1.807, 2.05) is 36.4 Å². The molecule has 1 aliphatic heterocycles. The van der Waals surface area contributed by atoms with Gasteiger partial charge in [-0.1, -0.05) is 60.7 Å². The lowest BCUT2D eigenvalue weighted by molar-refractivity contribution is -0.137. The zero-order valence-corrected chi connectivity index (χ0v) is 21.3. The highest BCUT2D eigenvalue weighted by Gasteiger charge is 2.30. The molecule has 2 heterocycles. The zero-order chi connectivity index (χ0) is 27.2. The number of anilines is 1. The Morgan fingerprint density at radius 1 is 0.923 bits per heavy atom. The van der Waals surface area contributed by atoms with Crippen molar-refractivity contribution in [2.45, 2.75) is 25.6 Å². The van der Waals surface area contributed by atoms with Crippen molar-refractivity contribution in [3.63, 3.8) is 0 Å². The molecule has 5 rings (SSSR count). The lowest BCUT2D eigenvalue weighted by atomic mass is 9.95. The van der Waals surface area contributed by atoms with Crippen LogP contribution in [0, 0.1) is 0 Å². The van der Waals surface area contributed by atoms with Gasteiger partial charge in [0, 0.05) is 41.5 Å². The van der Waals surface area contributed by atoms with Crippen molar-refractivity contribution in [2.24, 2.45) is 0 Å². The van der Waals surface area contributed by atoms with Gasteiger partial charge >= 0.3 is 6.18 Å². The fraction of sp³-hybridized carbons (Fsp3) is 0.188. The van der Waals surface area contributed by atoms with E-state index in [-0.39, 0.29) is 5.91 Å². The smallest absolute Gasteiger partial charge is 0.322 e. The Kier molecular flexibility index (Phi) is 7.89. The number of amides is 1. The van der Waals surface area contributed by atoms with Gasteiger partial charge in [0.25, 0.3) is 0 Å². The van der Waals surface area contributed by atoms with E-state index in [0.29, 0.717) is 11.3 Å². The number of carbonyl (C=O) groups is 1. The van der Waals surface area contributed by atoms with Crippen LogP contribution in [0.25, 0.3) is 16.3 Å². The van der Waals surface area contributed by atoms with Crippen LogP contribution in [-0.4, -0.2) is 28.9 Å². The molecule has 0 bridgehead atoms. The van der Waals surface area contributed by atoms with Gasteiger partial charge in [-0.05, 0) is 72.5 Å². The van der Waals surface area contributed by atoms with Crippen molar-refractivity contribution in [3.8, 4) is 0 Å². The highest BCUT2D eigenvalue weighted by atomic mass is 19.4. The van der Waals surface area contributed by atoms with Crippen molar-refractivity contribution >= 4 is 27.9 Å². The molecule has 0 spiro atoms. The maximum atomic E-state index is 13.1. The summed E-state index contributed by atoms with van der Waals surface area (Å²) in [7, 11) is 0. The van der Waals surface area contributed by atoms with Crippen molar-refractivity contribution in [2.75, 3.05) is 18.4 Å². The molecule has 0 unspecified atom stereocenters. The second-order valence-corrected chi connectivity index (χ2v) is 9.59. The fourth-order valence-electron chi connectivity index (χ4n) is 4.82. The Bertz CT molecular complexity index is 1500. The molecular formula is C32H28F3N3O. The lowest BCUT2D eigenvalue weighted by Gasteiger charge is -2.15. The molecule has 7 heteroatoms. The van der Waals surface area contributed by atoms with Crippen LogP contribution >= 0.6 is 0 Å². The van der Waals surface area contributed by atoms with Gasteiger partial charge < -0.3 is 5.32 Å². The number of aromatic nitrogens is 1. The number of benzene rings is 3. The molecule has 0 atom stereocenters. The number of alkyl halides is 3. The van der Waals surface area contributed by atoms with Crippen LogP contribution in [-0.2, 0) is 17.5 Å². The molecule has 1 amide bonds. The molecule has 4 aromatic rings. The summed E-state index contributed by atoms with van der Waals surface area (Å²) in [5.41, 5.74) is 3.36. The van der Waals surface area contributed by atoms with Gasteiger partial charge in [-0.2, -0.15) is 13.2 Å². The minimum Gasteiger partial charge on any atom is -0.322 e. The summed E-state index contributed by atoms with van der Waals surface area (Å²) in [5, 5.41) is 4.68. The molecule has 1 aromatic heterocycles. The third-order valence-corrected chi connectivity index (χ3v) is 6.84. The third-order valence-electron chi connectivity index (χ3n) is 6.84. The van der Waals surface area contributed by atoms with Crippen molar-refractivity contribution in [3.05, 3.63) is 126 Å². The molecule has 39 heavy (non-hydrogen) atoms. The van der Waals surface area contributed by atoms with Crippen LogP contribution in [0.5, 0.6) is 0 Å². The van der Waals surface area contributed by atoms with E-state index in [2.05, 4.69) is 27.3 Å². The SMILES string of the molecule is O=C(/C=C/C=C(\c1ccc(CN2CCCC2)cc1)c1ccc(C(F)(F)F)cc1)Nc1cccc2cnccc12. The highest BCUT2D eigenvalue weighted by Crippen LogP contribution is 2.32. The Hall–Kier alpha value is -4.23. The van der Waals surface area contributed by atoms with E-state index in [1.54, 1.807) is 24.5 Å². The Labute approximate surface area is 225 Å². The number of hydrogen-bond donors (Lipinski definition) is 1. The van der Waals surface area contributed by atoms with E-state index >= 15 is 0 Å². The number of nitrogens with zero attached hydrogens (tertiary/aromatic N) is 2. The van der Waals surface area contributed by atoms with Crippen LogP contribution < -0.4 is 5.32 Å². The summed E-state index contributed by atoms with van der Waals surface area (Å²) < 4.78 is 39.4. The van der Waals surface area contributed by atoms with Crippen LogP contribution in [0.2, 0.25) is 0 Å². The Morgan fingerprint density at radius 3 is 2.31 bits per heavy atom. The van der Waals surface area contributed by atoms with Gasteiger partial charge in [-0.25, -0.2) is 0 Å². The maximum Gasteiger partial charge on any atom is 0.416 e. The molecule has 0 saturated carbocycles. The number of allylic oxidation sites excluding steroid dienone is 2. The normalized spacial score (nSPS) is 14.8. The Morgan fingerprint density at radius 2 is 1.62 bits per heavy atom. The first kappa shape index (κ1) is 26.4. The molecule has 1 saturated heterocycles. The molecule has 1 fully saturated rings. The maximum absolute atomic E-state index is 13.1. The molecule has 0 aliphatic carbocycles. The summed E-state index contributed by atoms with van der Waals surface area (Å²) >= 11 is 0. The summed E-state index contributed by atoms with van der Waals surface area (Å²) in [6.45, 7) is 3.08. The molecule has 1 N–H and O–H groups in total. The quantitative estimate of drug-likeness (QED) is 0.200. The first-order chi connectivity index (χ1) is 18.9. The van der Waals surface area contributed by atoms with Gasteiger partial charge in [-0.3, -0.25) is 14.7 Å². The minimum absolute atomic E-state index is 0.316. The number of halogens is 3. The first-order valence-electron chi connectivity index (χ1n) is 12.9. The number of likely N-dealkylation sites (tertiary alicyclic amines) is 1. The average Bonchev–Trinajstić information content (AvgIpc) is 3.45. The highest BCUT2D eigenvalue weighted by molar-refractivity contribution is 6.06. The summed E-state index contributed by atoms with van der Waals surface area (Å²) in [6, 6.07) is 20.6. The number of fused-ring (bicyclic) bond motifs is 1. The fourth-order valence-corrected chi connectivity index (χ4v) is 4.82. The molecule has 3 aromatic carbocycles. The van der Waals surface area contributed by atoms with E-state index in [0.717, 1.165) is 53.7 Å². The molecule has 1 aliphatic rings. The summed E-state index contributed by atoms with van der Waals surface area (Å²) in [6.07, 6.45) is 6.21. The second kappa shape index (κ2) is 11.7. The average molecular weight is 528 g/mol. The second-order valence-electron chi connectivity index (χ2n) is 9.59. The van der Waals surface area contributed by atoms with Crippen LogP contribution in [0.3, 0.4) is 0 Å². The summed E-state index contributed by atoms with van der Waals surface area (Å²) in [5.74, 6) is -0.316. The van der Waals surface area contributed by atoms with Crippen molar-refractivity contribution < 1.29 is 18.0 Å². The number of carbonyl (C=O) groups excluding carboxylic acids is 1. The molecule has 198 valence electrons. The van der Waals surface area contributed by atoms with E-state index in [1.165, 1.54) is 36.6 Å². The van der Waals surface area contributed by atoms with Gasteiger partial charge in [-0.15, -0.1) is 0 Å². The minimum atomic E-state index is -4.41. The van der Waals surface area contributed by atoms with E-state index < -0.39 is 11.7 Å². The number of rotatable bonds is 7. The molecule has 4 nitrogen and oxygen atoms in total. The number of hydrogen-bond acceptors (Lipinski definition) is 3. The number of pyridine rings is 1. The van der Waals surface area contributed by atoms with E-state index in [9.17, 15) is 18.0 Å². The predicted octanol–water partition coefficient (Wildman–Crippen LogP) is 7.48. The first-order valence-corrected chi connectivity index (χ1v) is 12.9. The van der Waals surface area contributed by atoms with Gasteiger partial charge in [0.1, 0.15) is 0 Å². The topological polar surface area (TPSA) is 45.2 Å². The predicted molar refractivity (Wildman–Crippen MR) is 149 cm³/mol. The summed E-state index contributed by atoms with van der Waals surface area (Å²) in [4.78, 5) is 19.2. The standard InChI is InChI=1S/C32H28F3N3O/c33-32(34,35)27-15-13-25(14-16-27)28(24-11-9-23(10-12-24)22-38-19-1-2-20-38)6-4-8-31(39)37-30-7-3-5-26-21-36-18-17-29(26)30/h3-18,21H,1-2,19-20,22H2,(H,37,39)/b8-4+,28-6+. The van der Waals surface area contributed by atoms with Gasteiger partial charge in [0.05, 0.1) is 5.56 Å². The molecule has 0 radical (unpaired) electrons. The lowest BCUT2D eigenvalue weighted by Crippen LogP contribution is -2.18. The largest absolute Gasteiger partial charge is 0.416 e. The monoisotopic (exact) mass is 527 g/mol. The van der Waals surface area contributed by atoms with E-state index in [4.69, 9.17) is 0 Å². The van der Waals surface area contributed by atoms with Crippen molar-refractivity contribution in [1.29, 1.82) is 0 Å². The van der Waals surface area contributed by atoms with Gasteiger partial charge in [0.2, 0.25) is 5.91 Å². The third kappa shape index (κ3) is 6.62. The van der Waals surface area contributed by atoms with Crippen LogP contribution in [0.1, 0.15) is 35.1 Å². The Balaban J connectivity index is 1.39. The van der Waals surface area contributed by atoms with Crippen LogP contribution in [0.15, 0.2) is 103 Å². The van der Waals surface area contributed by atoms with Crippen molar-refractivity contribution in [1.82, 2.24) is 9.88 Å². The molecular weight excluding hydrogens is 499 g/mol. The zero-order valence-electron chi connectivity index (χ0n) is 21.3. The van der Waals surface area contributed by atoms with Crippen LogP contribution in [0.4, 0.5) is 18.9 Å². The number of nitrogens with one attached hydrogen (secondary N) is 1.